The van der Waals surface area contributed by atoms with Crippen molar-refractivity contribution in [2.24, 2.45) is 23.7 Å². The SMILES string of the molecule is COC1CCC(C2CCC(C3CCC4(CC3)OCCO4)CC2)CC1. The molecule has 0 aromatic carbocycles. The van der Waals surface area contributed by atoms with Crippen molar-refractivity contribution in [1.29, 1.82) is 0 Å². The Kier molecular flexibility index (Phi) is 5.50. The van der Waals surface area contributed by atoms with Crippen LogP contribution >= 0.6 is 0 Å². The summed E-state index contributed by atoms with van der Waals surface area (Å²) in [5.74, 6) is 3.75. The Bertz CT molecular complexity index is 378. The van der Waals surface area contributed by atoms with Gasteiger partial charge in [0.15, 0.2) is 5.79 Å². The van der Waals surface area contributed by atoms with Crippen molar-refractivity contribution >= 4 is 0 Å². The molecule has 3 saturated carbocycles. The lowest BCUT2D eigenvalue weighted by Gasteiger charge is -2.42. The fourth-order valence-corrected chi connectivity index (χ4v) is 6.22. The van der Waals surface area contributed by atoms with Gasteiger partial charge in [-0.25, -0.2) is 0 Å². The molecule has 4 rings (SSSR count). The highest BCUT2D eigenvalue weighted by atomic mass is 16.7. The van der Waals surface area contributed by atoms with Gasteiger partial charge in [-0.15, -0.1) is 0 Å². The molecular weight excluding hydrogens is 300 g/mol. The van der Waals surface area contributed by atoms with Gasteiger partial charge in [-0.05, 0) is 87.9 Å². The Labute approximate surface area is 147 Å². The van der Waals surface area contributed by atoms with E-state index >= 15 is 0 Å². The zero-order valence-electron chi connectivity index (χ0n) is 15.5. The molecule has 0 amide bonds. The van der Waals surface area contributed by atoms with Gasteiger partial charge in [-0.1, -0.05) is 0 Å². The number of hydrogen-bond acceptors (Lipinski definition) is 3. The minimum absolute atomic E-state index is 0.173. The molecule has 4 aliphatic rings. The zero-order valence-corrected chi connectivity index (χ0v) is 15.5. The maximum atomic E-state index is 5.90. The van der Waals surface area contributed by atoms with Crippen LogP contribution in [0.2, 0.25) is 0 Å². The van der Waals surface area contributed by atoms with Crippen molar-refractivity contribution in [2.75, 3.05) is 20.3 Å². The van der Waals surface area contributed by atoms with Crippen LogP contribution < -0.4 is 0 Å². The van der Waals surface area contributed by atoms with E-state index in [1.165, 1.54) is 64.2 Å². The van der Waals surface area contributed by atoms with Crippen LogP contribution in [0, 0.1) is 23.7 Å². The van der Waals surface area contributed by atoms with E-state index in [4.69, 9.17) is 14.2 Å². The van der Waals surface area contributed by atoms with Crippen molar-refractivity contribution in [2.45, 2.75) is 88.9 Å². The summed E-state index contributed by atoms with van der Waals surface area (Å²) in [6, 6.07) is 0. The van der Waals surface area contributed by atoms with E-state index in [-0.39, 0.29) is 5.79 Å². The van der Waals surface area contributed by atoms with Gasteiger partial charge < -0.3 is 14.2 Å². The Hall–Kier alpha value is -0.120. The van der Waals surface area contributed by atoms with Crippen LogP contribution in [0.3, 0.4) is 0 Å². The van der Waals surface area contributed by atoms with E-state index in [1.54, 1.807) is 0 Å². The predicted molar refractivity (Wildman–Crippen MR) is 94.8 cm³/mol. The fraction of sp³-hybridized carbons (Fsp3) is 1.00. The molecule has 3 nitrogen and oxygen atoms in total. The summed E-state index contributed by atoms with van der Waals surface area (Å²) in [5.41, 5.74) is 0. The molecule has 4 fully saturated rings. The van der Waals surface area contributed by atoms with E-state index in [9.17, 15) is 0 Å². The van der Waals surface area contributed by atoms with Gasteiger partial charge in [0.2, 0.25) is 0 Å². The molecule has 138 valence electrons. The molecule has 0 radical (unpaired) electrons. The highest BCUT2D eigenvalue weighted by Gasteiger charge is 2.42. The standard InChI is InChI=1S/C21H36O3/c1-22-20-8-6-18(7-9-20)16-2-4-17(5-3-16)19-10-12-21(13-11-19)23-14-15-24-21/h16-20H,2-15H2,1H3. The van der Waals surface area contributed by atoms with Crippen LogP contribution in [0.5, 0.6) is 0 Å². The number of rotatable bonds is 3. The van der Waals surface area contributed by atoms with Crippen LogP contribution in [-0.2, 0) is 14.2 Å². The van der Waals surface area contributed by atoms with Crippen LogP contribution in [0.1, 0.15) is 77.0 Å². The Morgan fingerprint density at radius 1 is 0.625 bits per heavy atom. The lowest BCUT2D eigenvalue weighted by molar-refractivity contribution is -0.185. The molecule has 0 aromatic heterocycles. The summed E-state index contributed by atoms with van der Waals surface area (Å²) in [6.45, 7) is 1.61. The van der Waals surface area contributed by atoms with Crippen molar-refractivity contribution in [3.05, 3.63) is 0 Å². The Morgan fingerprint density at radius 2 is 1.04 bits per heavy atom. The van der Waals surface area contributed by atoms with Gasteiger partial charge in [0, 0.05) is 20.0 Å². The second kappa shape index (κ2) is 7.63. The maximum Gasteiger partial charge on any atom is 0.168 e. The molecule has 1 heterocycles. The molecule has 0 bridgehead atoms. The Morgan fingerprint density at radius 3 is 1.50 bits per heavy atom. The predicted octanol–water partition coefficient (Wildman–Crippen LogP) is 4.93. The lowest BCUT2D eigenvalue weighted by Crippen LogP contribution is -2.38. The topological polar surface area (TPSA) is 27.7 Å². The van der Waals surface area contributed by atoms with E-state index in [0.29, 0.717) is 6.10 Å². The average Bonchev–Trinajstić information content (AvgIpc) is 3.11. The molecule has 0 atom stereocenters. The van der Waals surface area contributed by atoms with E-state index < -0.39 is 0 Å². The molecule has 3 heteroatoms. The highest BCUT2D eigenvalue weighted by Crippen LogP contribution is 2.47. The van der Waals surface area contributed by atoms with Gasteiger partial charge in [0.25, 0.3) is 0 Å². The summed E-state index contributed by atoms with van der Waals surface area (Å²) in [7, 11) is 1.88. The first kappa shape index (κ1) is 17.3. The normalized spacial score (nSPS) is 40.9. The first-order valence-electron chi connectivity index (χ1n) is 10.6. The second-order valence-electron chi connectivity index (χ2n) is 8.89. The van der Waals surface area contributed by atoms with Crippen LogP contribution in [0.25, 0.3) is 0 Å². The molecule has 1 spiro atoms. The summed E-state index contributed by atoms with van der Waals surface area (Å²) in [6.07, 6.45) is 16.8. The summed E-state index contributed by atoms with van der Waals surface area (Å²) in [5, 5.41) is 0. The smallest absolute Gasteiger partial charge is 0.168 e. The first-order valence-corrected chi connectivity index (χ1v) is 10.6. The zero-order chi connectivity index (χ0) is 16.4. The fourth-order valence-electron chi connectivity index (χ4n) is 6.22. The van der Waals surface area contributed by atoms with E-state index in [2.05, 4.69) is 0 Å². The number of ether oxygens (including phenoxy) is 3. The molecule has 0 aromatic rings. The number of methoxy groups -OCH3 is 1. The summed E-state index contributed by atoms with van der Waals surface area (Å²) >= 11 is 0. The second-order valence-corrected chi connectivity index (χ2v) is 8.89. The van der Waals surface area contributed by atoms with Gasteiger partial charge in [-0.3, -0.25) is 0 Å². The monoisotopic (exact) mass is 336 g/mol. The third kappa shape index (κ3) is 3.68. The van der Waals surface area contributed by atoms with Crippen LogP contribution in [0.15, 0.2) is 0 Å². The molecule has 1 aliphatic heterocycles. The summed E-state index contributed by atoms with van der Waals surface area (Å²) < 4.78 is 17.3. The lowest BCUT2D eigenvalue weighted by atomic mass is 9.66. The molecule has 0 N–H and O–H groups in total. The minimum Gasteiger partial charge on any atom is -0.381 e. The van der Waals surface area contributed by atoms with Crippen molar-refractivity contribution in [3.63, 3.8) is 0 Å². The van der Waals surface area contributed by atoms with E-state index in [0.717, 1.165) is 49.7 Å². The average molecular weight is 337 g/mol. The summed E-state index contributed by atoms with van der Waals surface area (Å²) in [4.78, 5) is 0. The quantitative estimate of drug-likeness (QED) is 0.731. The molecule has 1 saturated heterocycles. The molecule has 0 unspecified atom stereocenters. The van der Waals surface area contributed by atoms with Crippen molar-refractivity contribution in [1.82, 2.24) is 0 Å². The number of hydrogen-bond donors (Lipinski definition) is 0. The Balaban J connectivity index is 1.21. The van der Waals surface area contributed by atoms with Crippen LogP contribution in [-0.4, -0.2) is 32.2 Å². The molecule has 3 aliphatic carbocycles. The van der Waals surface area contributed by atoms with Gasteiger partial charge in [0.05, 0.1) is 19.3 Å². The van der Waals surface area contributed by atoms with Gasteiger partial charge in [-0.2, -0.15) is 0 Å². The van der Waals surface area contributed by atoms with Gasteiger partial charge >= 0.3 is 0 Å². The largest absolute Gasteiger partial charge is 0.381 e. The molecular formula is C21H36O3. The van der Waals surface area contributed by atoms with Crippen molar-refractivity contribution < 1.29 is 14.2 Å². The van der Waals surface area contributed by atoms with E-state index in [1.807, 2.05) is 7.11 Å². The highest BCUT2D eigenvalue weighted by molar-refractivity contribution is 4.88. The van der Waals surface area contributed by atoms with Crippen molar-refractivity contribution in [3.8, 4) is 0 Å². The van der Waals surface area contributed by atoms with Gasteiger partial charge in [0.1, 0.15) is 0 Å². The van der Waals surface area contributed by atoms with Crippen LogP contribution in [0.4, 0.5) is 0 Å². The first-order chi connectivity index (χ1) is 11.8. The third-order valence-electron chi connectivity index (χ3n) is 7.81. The molecule has 24 heavy (non-hydrogen) atoms. The maximum absolute atomic E-state index is 5.90. The minimum atomic E-state index is -0.173. The third-order valence-corrected chi connectivity index (χ3v) is 7.81.